The molecule has 0 amide bonds. The molecule has 2 aromatic rings. The Bertz CT molecular complexity index is 543. The maximum atomic E-state index is 9.40. The van der Waals surface area contributed by atoms with Crippen LogP contribution in [0.1, 0.15) is 18.7 Å². The molecule has 0 bridgehead atoms. The zero-order valence-corrected chi connectivity index (χ0v) is 11.1. The second-order valence-corrected chi connectivity index (χ2v) is 5.69. The highest BCUT2D eigenvalue weighted by molar-refractivity contribution is 7.98. The molecule has 0 spiro atoms. The summed E-state index contributed by atoms with van der Waals surface area (Å²) in [5, 5.41) is 9.40. The molecule has 1 aliphatic carbocycles. The minimum absolute atomic E-state index is 0.0859. The minimum Gasteiger partial charge on any atom is -0.395 e. The third-order valence-electron chi connectivity index (χ3n) is 3.64. The normalized spacial score (nSPS) is 16.8. The lowest BCUT2D eigenvalue weighted by Gasteiger charge is -2.06. The van der Waals surface area contributed by atoms with E-state index in [1.165, 1.54) is 4.90 Å². The number of aliphatic hydroxyl groups is 1. The average molecular weight is 260 g/mol. The van der Waals surface area contributed by atoms with Crippen LogP contribution in [-0.4, -0.2) is 27.9 Å². The highest BCUT2D eigenvalue weighted by atomic mass is 32.2. The number of aliphatic hydroxyl groups excluding tert-OH is 1. The quantitative estimate of drug-likeness (QED) is 0.831. The average Bonchev–Trinajstić information content (AvgIpc) is 3.08. The molecule has 1 aromatic carbocycles. The molecule has 1 fully saturated rings. The summed E-state index contributed by atoms with van der Waals surface area (Å²) in [5.41, 5.74) is 2.08. The van der Waals surface area contributed by atoms with Gasteiger partial charge in [0.1, 0.15) is 5.82 Å². The van der Waals surface area contributed by atoms with Crippen molar-refractivity contribution in [3.8, 4) is 11.3 Å². The largest absolute Gasteiger partial charge is 0.395 e. The van der Waals surface area contributed by atoms with Gasteiger partial charge in [0.25, 0.3) is 0 Å². The van der Waals surface area contributed by atoms with Crippen molar-refractivity contribution >= 4 is 11.8 Å². The van der Waals surface area contributed by atoms with Crippen molar-refractivity contribution in [3.05, 3.63) is 36.3 Å². The second-order valence-electron chi connectivity index (χ2n) is 4.81. The summed E-state index contributed by atoms with van der Waals surface area (Å²) in [6.07, 6.45) is 5.99. The van der Waals surface area contributed by atoms with Crippen LogP contribution in [0.3, 0.4) is 0 Å². The molecule has 0 atom stereocenters. The Labute approximate surface area is 111 Å². The van der Waals surface area contributed by atoms with Gasteiger partial charge in [-0.15, -0.1) is 11.8 Å². The summed E-state index contributed by atoms with van der Waals surface area (Å²) in [6, 6.07) is 8.42. The predicted molar refractivity (Wildman–Crippen MR) is 73.8 cm³/mol. The smallest absolute Gasteiger partial charge is 0.115 e. The Balaban J connectivity index is 1.88. The number of nitrogens with one attached hydrogen (secondary N) is 1. The third kappa shape index (κ3) is 1.95. The molecule has 2 N–H and O–H groups in total. The number of aromatic nitrogens is 2. The van der Waals surface area contributed by atoms with Crippen LogP contribution in [0.25, 0.3) is 11.3 Å². The lowest BCUT2D eigenvalue weighted by atomic mass is 10.1. The maximum absolute atomic E-state index is 9.40. The highest BCUT2D eigenvalue weighted by Gasteiger charge is 2.46. The molecule has 0 aliphatic heterocycles. The molecule has 1 aliphatic rings. The minimum atomic E-state index is -0.0859. The standard InChI is InChI=1S/C14H16N2OS/c1-18-11-4-2-10(3-5-11)12-8-15-13(16-12)14(9-17)6-7-14/h2-5,8,17H,6-7,9H2,1H3,(H,15,16). The van der Waals surface area contributed by atoms with Crippen LogP contribution < -0.4 is 0 Å². The van der Waals surface area contributed by atoms with Crippen LogP contribution in [0.4, 0.5) is 0 Å². The first-order chi connectivity index (χ1) is 8.77. The van der Waals surface area contributed by atoms with Gasteiger partial charge in [-0.3, -0.25) is 0 Å². The number of thioether (sulfide) groups is 1. The molecule has 1 aromatic heterocycles. The molecule has 0 unspecified atom stereocenters. The zero-order valence-electron chi connectivity index (χ0n) is 10.3. The maximum Gasteiger partial charge on any atom is 0.115 e. The van der Waals surface area contributed by atoms with Crippen LogP contribution >= 0.6 is 11.8 Å². The van der Waals surface area contributed by atoms with E-state index in [9.17, 15) is 5.11 Å². The highest BCUT2D eigenvalue weighted by Crippen LogP contribution is 2.46. The van der Waals surface area contributed by atoms with Crippen LogP contribution in [0, 0.1) is 0 Å². The summed E-state index contributed by atoms with van der Waals surface area (Å²) in [5.74, 6) is 0.925. The van der Waals surface area contributed by atoms with E-state index in [0.717, 1.165) is 29.9 Å². The van der Waals surface area contributed by atoms with E-state index in [1.807, 2.05) is 6.20 Å². The third-order valence-corrected chi connectivity index (χ3v) is 4.38. The topological polar surface area (TPSA) is 48.9 Å². The number of hydrogen-bond acceptors (Lipinski definition) is 3. The van der Waals surface area contributed by atoms with Gasteiger partial charge in [0.05, 0.1) is 23.9 Å². The van der Waals surface area contributed by atoms with E-state index in [0.29, 0.717) is 0 Å². The van der Waals surface area contributed by atoms with Crippen molar-refractivity contribution in [1.82, 2.24) is 9.97 Å². The van der Waals surface area contributed by atoms with Crippen LogP contribution in [0.2, 0.25) is 0 Å². The van der Waals surface area contributed by atoms with Crippen LogP contribution in [0.5, 0.6) is 0 Å². The number of benzene rings is 1. The van der Waals surface area contributed by atoms with Crippen molar-refractivity contribution in [2.75, 3.05) is 12.9 Å². The van der Waals surface area contributed by atoms with E-state index in [1.54, 1.807) is 11.8 Å². The Morgan fingerprint density at radius 3 is 2.61 bits per heavy atom. The van der Waals surface area contributed by atoms with E-state index in [2.05, 4.69) is 40.5 Å². The monoisotopic (exact) mass is 260 g/mol. The SMILES string of the molecule is CSc1ccc(-c2cnc(C3(CO)CC3)[nH]2)cc1. The van der Waals surface area contributed by atoms with Gasteiger partial charge >= 0.3 is 0 Å². The van der Waals surface area contributed by atoms with Crippen molar-refractivity contribution in [3.63, 3.8) is 0 Å². The lowest BCUT2D eigenvalue weighted by Crippen LogP contribution is -2.13. The Kier molecular flexibility index (Phi) is 2.92. The fraction of sp³-hybridized carbons (Fsp3) is 0.357. The Hall–Kier alpha value is -1.26. The molecule has 3 rings (SSSR count). The fourth-order valence-electron chi connectivity index (χ4n) is 2.13. The molecule has 18 heavy (non-hydrogen) atoms. The van der Waals surface area contributed by atoms with Gasteiger partial charge in [0.2, 0.25) is 0 Å². The Morgan fingerprint density at radius 2 is 2.06 bits per heavy atom. The number of rotatable bonds is 4. The van der Waals surface area contributed by atoms with Crippen LogP contribution in [0.15, 0.2) is 35.4 Å². The molecule has 0 radical (unpaired) electrons. The molecule has 3 nitrogen and oxygen atoms in total. The van der Waals surface area contributed by atoms with Gasteiger partial charge in [0, 0.05) is 4.90 Å². The number of nitrogens with zero attached hydrogens (tertiary/aromatic N) is 1. The summed E-state index contributed by atoms with van der Waals surface area (Å²) in [7, 11) is 0. The lowest BCUT2D eigenvalue weighted by molar-refractivity contribution is 0.250. The van der Waals surface area contributed by atoms with Gasteiger partial charge in [0.15, 0.2) is 0 Å². The summed E-state index contributed by atoms with van der Waals surface area (Å²) in [6.45, 7) is 0.186. The predicted octanol–water partition coefficient (Wildman–Crippen LogP) is 2.82. The molecular weight excluding hydrogens is 244 g/mol. The van der Waals surface area contributed by atoms with Crippen LogP contribution in [-0.2, 0) is 5.41 Å². The first-order valence-electron chi connectivity index (χ1n) is 6.08. The van der Waals surface area contributed by atoms with Gasteiger partial charge in [-0.1, -0.05) is 12.1 Å². The summed E-state index contributed by atoms with van der Waals surface area (Å²) < 4.78 is 0. The van der Waals surface area contributed by atoms with E-state index < -0.39 is 0 Å². The second kappa shape index (κ2) is 4.44. The summed E-state index contributed by atoms with van der Waals surface area (Å²) >= 11 is 1.74. The zero-order chi connectivity index (χ0) is 12.6. The van der Waals surface area contributed by atoms with E-state index in [-0.39, 0.29) is 12.0 Å². The first-order valence-corrected chi connectivity index (χ1v) is 7.31. The van der Waals surface area contributed by atoms with Gasteiger partial charge in [-0.25, -0.2) is 4.98 Å². The molecule has 94 valence electrons. The molecule has 0 saturated heterocycles. The summed E-state index contributed by atoms with van der Waals surface area (Å²) in [4.78, 5) is 9.02. The number of imidazole rings is 1. The van der Waals surface area contributed by atoms with Gasteiger partial charge in [-0.2, -0.15) is 0 Å². The Morgan fingerprint density at radius 1 is 1.33 bits per heavy atom. The number of H-pyrrole nitrogens is 1. The number of hydrogen-bond donors (Lipinski definition) is 2. The molecular formula is C14H16N2OS. The first kappa shape index (κ1) is 11.8. The van der Waals surface area contributed by atoms with Crippen molar-refractivity contribution in [2.24, 2.45) is 0 Å². The van der Waals surface area contributed by atoms with Crippen molar-refractivity contribution in [2.45, 2.75) is 23.2 Å². The van der Waals surface area contributed by atoms with Crippen molar-refractivity contribution < 1.29 is 5.11 Å². The van der Waals surface area contributed by atoms with Gasteiger partial charge < -0.3 is 10.1 Å². The van der Waals surface area contributed by atoms with Gasteiger partial charge in [-0.05, 0) is 36.8 Å². The number of aromatic amines is 1. The van der Waals surface area contributed by atoms with E-state index in [4.69, 9.17) is 0 Å². The van der Waals surface area contributed by atoms with Crippen molar-refractivity contribution in [1.29, 1.82) is 0 Å². The molecule has 1 heterocycles. The molecule has 1 saturated carbocycles. The van der Waals surface area contributed by atoms with E-state index >= 15 is 0 Å². The fourth-order valence-corrected chi connectivity index (χ4v) is 2.54. The molecule has 4 heteroatoms.